The summed E-state index contributed by atoms with van der Waals surface area (Å²) in [5.41, 5.74) is 3.27. The molecule has 0 aliphatic heterocycles. The van der Waals surface area contributed by atoms with E-state index in [1.54, 1.807) is 31.5 Å². The molecule has 2 heterocycles. The number of rotatable bonds is 7. The fraction of sp³-hybridized carbons (Fsp3) is 0.231. The first-order valence-electron chi connectivity index (χ1n) is 10.9. The molecule has 8 nitrogen and oxygen atoms in total. The average Bonchev–Trinajstić information content (AvgIpc) is 3.31. The highest BCUT2D eigenvalue weighted by Gasteiger charge is 2.14. The summed E-state index contributed by atoms with van der Waals surface area (Å²) < 4.78 is 11.3. The van der Waals surface area contributed by atoms with Gasteiger partial charge in [-0.15, -0.1) is 10.2 Å². The van der Waals surface area contributed by atoms with Gasteiger partial charge >= 0.3 is 0 Å². The van der Waals surface area contributed by atoms with Crippen molar-refractivity contribution in [2.75, 3.05) is 33.6 Å². The largest absolute Gasteiger partial charge is 0.493 e. The Morgan fingerprint density at radius 3 is 2.43 bits per heavy atom. The predicted octanol–water partition coefficient (Wildman–Crippen LogP) is 4.93. The SMILES string of the molecule is CN(C)C.COc1cc(C(=O)Nc2nnc(-c3ccnc(C)c3)s2)ccc1OCc1ccccc1. The van der Waals surface area contributed by atoms with Gasteiger partial charge in [0.2, 0.25) is 5.13 Å². The van der Waals surface area contributed by atoms with E-state index in [9.17, 15) is 4.79 Å². The van der Waals surface area contributed by atoms with Crippen molar-refractivity contribution >= 4 is 22.4 Å². The molecular weight excluding hydrogens is 462 g/mol. The van der Waals surface area contributed by atoms with Gasteiger partial charge in [0.25, 0.3) is 5.91 Å². The van der Waals surface area contributed by atoms with Crippen LogP contribution in [0.4, 0.5) is 5.13 Å². The molecule has 0 bridgehead atoms. The van der Waals surface area contributed by atoms with Gasteiger partial charge in [0.05, 0.1) is 7.11 Å². The first-order valence-corrected chi connectivity index (χ1v) is 11.7. The number of nitrogens with one attached hydrogen (secondary N) is 1. The number of hydrogen-bond donors (Lipinski definition) is 1. The summed E-state index contributed by atoms with van der Waals surface area (Å²) in [5, 5.41) is 12.1. The normalized spacial score (nSPS) is 10.3. The highest BCUT2D eigenvalue weighted by atomic mass is 32.1. The van der Waals surface area contributed by atoms with Crippen molar-refractivity contribution in [2.24, 2.45) is 0 Å². The number of amides is 1. The van der Waals surface area contributed by atoms with Gasteiger partial charge in [-0.1, -0.05) is 41.7 Å². The van der Waals surface area contributed by atoms with E-state index in [-0.39, 0.29) is 5.91 Å². The van der Waals surface area contributed by atoms with Crippen molar-refractivity contribution in [3.63, 3.8) is 0 Å². The third kappa shape index (κ3) is 7.87. The van der Waals surface area contributed by atoms with Crippen LogP contribution in [0.3, 0.4) is 0 Å². The van der Waals surface area contributed by atoms with Gasteiger partial charge in [0.15, 0.2) is 11.5 Å². The lowest BCUT2D eigenvalue weighted by Crippen LogP contribution is -2.12. The summed E-state index contributed by atoms with van der Waals surface area (Å²) in [4.78, 5) is 18.9. The molecule has 0 unspecified atom stereocenters. The molecule has 0 fully saturated rings. The fourth-order valence-electron chi connectivity index (χ4n) is 2.90. The Hall–Kier alpha value is -3.82. The summed E-state index contributed by atoms with van der Waals surface area (Å²) in [6, 6.07) is 18.7. The average molecular weight is 492 g/mol. The number of anilines is 1. The zero-order chi connectivity index (χ0) is 25.2. The molecule has 0 aliphatic carbocycles. The zero-order valence-corrected chi connectivity index (χ0v) is 21.3. The highest BCUT2D eigenvalue weighted by molar-refractivity contribution is 7.18. The molecule has 0 saturated carbocycles. The number of ether oxygens (including phenoxy) is 2. The van der Waals surface area contributed by atoms with Crippen LogP contribution < -0.4 is 14.8 Å². The minimum atomic E-state index is -0.304. The smallest absolute Gasteiger partial charge is 0.257 e. The topological polar surface area (TPSA) is 89.5 Å². The molecule has 4 rings (SSSR count). The number of pyridine rings is 1. The molecule has 2 aromatic carbocycles. The van der Waals surface area contributed by atoms with Crippen molar-refractivity contribution in [2.45, 2.75) is 13.5 Å². The van der Waals surface area contributed by atoms with E-state index in [2.05, 4.69) is 20.5 Å². The number of carbonyl (C=O) groups excluding carboxylic acids is 1. The predicted molar refractivity (Wildman–Crippen MR) is 139 cm³/mol. The van der Waals surface area contributed by atoms with Crippen molar-refractivity contribution < 1.29 is 14.3 Å². The van der Waals surface area contributed by atoms with E-state index < -0.39 is 0 Å². The van der Waals surface area contributed by atoms with Gasteiger partial charge in [0, 0.05) is 23.0 Å². The third-order valence-corrected chi connectivity index (χ3v) is 5.34. The number of hydrogen-bond acceptors (Lipinski definition) is 8. The molecule has 2 aromatic heterocycles. The van der Waals surface area contributed by atoms with Crippen LogP contribution in [0.25, 0.3) is 10.6 Å². The molecule has 9 heteroatoms. The van der Waals surface area contributed by atoms with Gasteiger partial charge < -0.3 is 14.4 Å². The first kappa shape index (κ1) is 25.8. The van der Waals surface area contributed by atoms with Gasteiger partial charge in [-0.2, -0.15) is 0 Å². The number of methoxy groups -OCH3 is 1. The van der Waals surface area contributed by atoms with Crippen molar-refractivity contribution in [1.29, 1.82) is 0 Å². The molecule has 182 valence electrons. The Bertz CT molecular complexity index is 1240. The molecule has 0 saturated heterocycles. The Balaban J connectivity index is 0.000000795. The second-order valence-corrected chi connectivity index (χ2v) is 9.01. The number of carbonyl (C=O) groups is 1. The summed E-state index contributed by atoms with van der Waals surface area (Å²) in [6.07, 6.45) is 1.72. The summed E-state index contributed by atoms with van der Waals surface area (Å²) in [7, 11) is 7.54. The van der Waals surface area contributed by atoms with Crippen LogP contribution in [0.2, 0.25) is 0 Å². The summed E-state index contributed by atoms with van der Waals surface area (Å²) in [6.45, 7) is 2.32. The molecule has 1 N–H and O–H groups in total. The monoisotopic (exact) mass is 491 g/mol. The van der Waals surface area contributed by atoms with E-state index in [0.717, 1.165) is 16.8 Å². The number of nitrogens with zero attached hydrogens (tertiary/aromatic N) is 4. The van der Waals surface area contributed by atoms with Crippen molar-refractivity contribution in [3.05, 3.63) is 83.7 Å². The zero-order valence-electron chi connectivity index (χ0n) is 20.5. The van der Waals surface area contributed by atoms with Crippen molar-refractivity contribution in [3.8, 4) is 22.1 Å². The molecule has 4 aromatic rings. The van der Waals surface area contributed by atoms with Gasteiger partial charge in [-0.3, -0.25) is 15.1 Å². The Morgan fingerprint density at radius 1 is 1.00 bits per heavy atom. The third-order valence-electron chi connectivity index (χ3n) is 4.45. The lowest BCUT2D eigenvalue weighted by Gasteiger charge is -2.12. The highest BCUT2D eigenvalue weighted by Crippen LogP contribution is 2.30. The van der Waals surface area contributed by atoms with Crippen molar-refractivity contribution in [1.82, 2.24) is 20.1 Å². The van der Waals surface area contributed by atoms with E-state index in [1.807, 2.05) is 75.4 Å². The van der Waals surface area contributed by atoms with Crippen LogP contribution in [0.5, 0.6) is 11.5 Å². The maximum absolute atomic E-state index is 12.7. The number of aryl methyl sites for hydroxylation is 1. The Kier molecular flexibility index (Phi) is 9.28. The molecule has 1 amide bonds. The van der Waals surface area contributed by atoms with Crippen LogP contribution in [0.15, 0.2) is 66.9 Å². The molecule has 0 aliphatic rings. The quantitative estimate of drug-likeness (QED) is 0.392. The second-order valence-electron chi connectivity index (χ2n) is 8.03. The van der Waals surface area contributed by atoms with Crippen LogP contribution in [-0.2, 0) is 6.61 Å². The summed E-state index contributed by atoms with van der Waals surface area (Å²) >= 11 is 1.30. The van der Waals surface area contributed by atoms with Crippen LogP contribution in [-0.4, -0.2) is 54.2 Å². The summed E-state index contributed by atoms with van der Waals surface area (Å²) in [5.74, 6) is 0.740. The second kappa shape index (κ2) is 12.6. The fourth-order valence-corrected chi connectivity index (χ4v) is 3.64. The molecule has 0 radical (unpaired) electrons. The van der Waals surface area contributed by atoms with Crippen LogP contribution >= 0.6 is 11.3 Å². The minimum absolute atomic E-state index is 0.304. The van der Waals surface area contributed by atoms with E-state index in [1.165, 1.54) is 11.3 Å². The molecular formula is C26H29N5O3S. The van der Waals surface area contributed by atoms with E-state index in [0.29, 0.717) is 33.8 Å². The maximum Gasteiger partial charge on any atom is 0.257 e. The van der Waals surface area contributed by atoms with E-state index >= 15 is 0 Å². The minimum Gasteiger partial charge on any atom is -0.493 e. The number of aromatic nitrogens is 3. The lowest BCUT2D eigenvalue weighted by atomic mass is 10.2. The Morgan fingerprint density at radius 2 is 1.74 bits per heavy atom. The first-order chi connectivity index (χ1) is 16.9. The molecule has 35 heavy (non-hydrogen) atoms. The Labute approximate surface area is 209 Å². The van der Waals surface area contributed by atoms with E-state index in [4.69, 9.17) is 9.47 Å². The lowest BCUT2D eigenvalue weighted by molar-refractivity contribution is 0.102. The van der Waals surface area contributed by atoms with Gasteiger partial charge in [0.1, 0.15) is 11.6 Å². The van der Waals surface area contributed by atoms with Crippen LogP contribution in [0, 0.1) is 6.92 Å². The van der Waals surface area contributed by atoms with Gasteiger partial charge in [-0.25, -0.2) is 0 Å². The maximum atomic E-state index is 12.7. The van der Waals surface area contributed by atoms with Crippen LogP contribution in [0.1, 0.15) is 21.6 Å². The van der Waals surface area contributed by atoms with Gasteiger partial charge in [-0.05, 0) is 64.0 Å². The molecule has 0 spiro atoms. The number of benzene rings is 2. The standard InChI is InChI=1S/C23H20N4O3S.C3H9N/c1-15-12-18(10-11-24-15)22-26-27-23(31-22)25-21(28)17-8-9-19(20(13-17)29-2)30-14-16-6-4-3-5-7-16;1-4(2)3/h3-13H,14H2,1-2H3,(H,25,27,28);1-3H3. The molecule has 0 atom stereocenters.